The molecule has 0 saturated carbocycles. The fraction of sp³-hybridized carbons (Fsp3) is 0.0794. The Labute approximate surface area is 468 Å². The Morgan fingerprint density at radius 1 is 0.544 bits per heavy atom. The molecule has 0 atom stereocenters. The van der Waals surface area contributed by atoms with Crippen LogP contribution < -0.4 is 42.2 Å². The minimum absolute atomic E-state index is 0.222. The SMILES string of the molecule is C#C[Si](C)(C)C.C#Cc1cccc(Nc2ncnc3ccc(OCc4ccc(C(=O)Nc5ccccc5N)cc4)cc23)c1.Nc1ccccc1NC(=O)c1ccc(COc2ccc3ncnc(Nc4cccc(Br)c4)c3c2)cc1. The van der Waals surface area contributed by atoms with Gasteiger partial charge in [-0.05, 0) is 132 Å². The lowest BCUT2D eigenvalue weighted by atomic mass is 10.1. The normalized spacial score (nSPS) is 10.6. The second-order valence-corrected chi connectivity index (χ2v) is 24.4. The Morgan fingerprint density at radius 2 is 0.987 bits per heavy atom. The number of nitrogens with zero attached hydrogens (tertiary/aromatic N) is 4. The summed E-state index contributed by atoms with van der Waals surface area (Å²) in [7, 11) is -1.10. The standard InChI is InChI=1S/C30H23N5O2.C28H22BrN5O2.C5H10Si/c1-2-20-6-5-7-23(16-20)34-29-25-17-24(14-15-27(25)32-19-33-29)37-18-21-10-12-22(13-11-21)30(36)35-28-9-4-3-8-26(28)31;29-20-4-3-5-21(14-20)33-27-23-15-22(12-13-25(23)31-17-32-27)36-16-18-8-10-19(11-9-18)28(35)34-26-7-2-1-6-24(26)30;1-5-6(2,3)4/h1,3-17,19H,18,31H2,(H,35,36)(H,32,33,34);1-15,17H,16,30H2,(H,34,35)(H,31,32,33);1H,2-4H3. The number of hydrogen-bond donors (Lipinski definition) is 6. The van der Waals surface area contributed by atoms with Gasteiger partial charge in [0.25, 0.3) is 11.8 Å². The summed E-state index contributed by atoms with van der Waals surface area (Å²) in [5.41, 5.74) is 23.8. The number of terminal acetylenes is 2. The van der Waals surface area contributed by atoms with Crippen molar-refractivity contribution in [1.82, 2.24) is 19.9 Å². The summed E-state index contributed by atoms with van der Waals surface area (Å²) in [6.07, 6.45) is 13.7. The summed E-state index contributed by atoms with van der Waals surface area (Å²) in [5, 5.41) is 14.0. The van der Waals surface area contributed by atoms with Gasteiger partial charge in [0.15, 0.2) is 0 Å². The zero-order chi connectivity index (χ0) is 55.7. The number of para-hydroxylation sites is 4. The number of aromatic nitrogens is 4. The van der Waals surface area contributed by atoms with E-state index in [9.17, 15) is 9.59 Å². The van der Waals surface area contributed by atoms with Crippen LogP contribution in [-0.4, -0.2) is 39.8 Å². The average Bonchev–Trinajstić information content (AvgIpc) is 3.48. The number of nitrogens with two attached hydrogens (primary N) is 2. The first-order valence-corrected chi connectivity index (χ1v) is 29.1. The number of carbonyl (C=O) groups excluding carboxylic acids is 2. The highest BCUT2D eigenvalue weighted by atomic mass is 79.9. The van der Waals surface area contributed by atoms with E-state index in [4.69, 9.17) is 33.8 Å². The quantitative estimate of drug-likeness (QED) is 0.0342. The van der Waals surface area contributed by atoms with E-state index in [1.807, 2.05) is 133 Å². The third-order valence-electron chi connectivity index (χ3n) is 11.7. The summed E-state index contributed by atoms with van der Waals surface area (Å²) in [6.45, 7) is 7.12. The van der Waals surface area contributed by atoms with Crippen molar-refractivity contribution in [3.8, 4) is 35.8 Å². The molecule has 8 N–H and O–H groups in total. The number of benzene rings is 8. The van der Waals surface area contributed by atoms with Crippen LogP contribution in [0.2, 0.25) is 19.6 Å². The maximum Gasteiger partial charge on any atom is 0.255 e. The molecule has 10 aromatic rings. The molecule has 0 aliphatic heterocycles. The number of nitrogen functional groups attached to an aromatic ring is 2. The lowest BCUT2D eigenvalue weighted by molar-refractivity contribution is 0.101. The van der Waals surface area contributed by atoms with Crippen LogP contribution in [-0.2, 0) is 13.2 Å². The summed E-state index contributed by atoms with van der Waals surface area (Å²) in [5.74, 6) is 4.89. The first-order valence-electron chi connectivity index (χ1n) is 24.8. The minimum Gasteiger partial charge on any atom is -0.489 e. The van der Waals surface area contributed by atoms with Gasteiger partial charge in [0.1, 0.15) is 57.1 Å². The highest BCUT2D eigenvalue weighted by molar-refractivity contribution is 9.10. The molecule has 2 aromatic heterocycles. The van der Waals surface area contributed by atoms with Crippen molar-refractivity contribution in [2.24, 2.45) is 0 Å². The van der Waals surface area contributed by atoms with Crippen molar-refractivity contribution in [3.63, 3.8) is 0 Å². The van der Waals surface area contributed by atoms with Crippen LogP contribution >= 0.6 is 15.9 Å². The van der Waals surface area contributed by atoms with Gasteiger partial charge in [0.05, 0.1) is 33.8 Å². The highest BCUT2D eigenvalue weighted by Crippen LogP contribution is 2.30. The highest BCUT2D eigenvalue weighted by Gasteiger charge is 2.13. The van der Waals surface area contributed by atoms with E-state index in [1.54, 1.807) is 48.5 Å². The van der Waals surface area contributed by atoms with E-state index in [2.05, 4.69) is 88.2 Å². The zero-order valence-corrected chi connectivity index (χ0v) is 46.1. The molecule has 0 saturated heterocycles. The fourth-order valence-electron chi connectivity index (χ4n) is 7.43. The first-order chi connectivity index (χ1) is 38.2. The number of carbonyl (C=O) groups is 2. The smallest absolute Gasteiger partial charge is 0.255 e. The lowest BCUT2D eigenvalue weighted by Gasteiger charge is -2.11. The third kappa shape index (κ3) is 15.8. The van der Waals surface area contributed by atoms with Crippen molar-refractivity contribution in [1.29, 1.82) is 0 Å². The molecule has 0 fully saturated rings. The molecule has 0 radical (unpaired) electrons. The number of amides is 2. The largest absolute Gasteiger partial charge is 0.489 e. The fourth-order valence-corrected chi connectivity index (χ4v) is 7.82. The molecular formula is C63H55BrN10O4Si. The molecule has 0 spiro atoms. The van der Waals surface area contributed by atoms with Crippen molar-refractivity contribution < 1.29 is 19.1 Å². The van der Waals surface area contributed by atoms with Gasteiger partial charge in [0, 0.05) is 43.3 Å². The van der Waals surface area contributed by atoms with Crippen LogP contribution in [0.15, 0.2) is 199 Å². The minimum atomic E-state index is -1.10. The maximum atomic E-state index is 12.6. The van der Waals surface area contributed by atoms with Crippen LogP contribution in [0, 0.1) is 24.3 Å². The molecule has 392 valence electrons. The molecule has 79 heavy (non-hydrogen) atoms. The monoisotopic (exact) mass is 1120 g/mol. The number of rotatable bonds is 14. The molecule has 14 nitrogen and oxygen atoms in total. The van der Waals surface area contributed by atoms with E-state index in [-0.39, 0.29) is 11.8 Å². The molecule has 0 bridgehead atoms. The molecular weight excluding hydrogens is 1070 g/mol. The van der Waals surface area contributed by atoms with Gasteiger partial charge < -0.3 is 42.2 Å². The average molecular weight is 1120 g/mol. The van der Waals surface area contributed by atoms with Crippen molar-refractivity contribution in [3.05, 3.63) is 227 Å². The summed E-state index contributed by atoms with van der Waals surface area (Å²) < 4.78 is 13.0. The Morgan fingerprint density at radius 3 is 1.42 bits per heavy atom. The number of anilines is 8. The van der Waals surface area contributed by atoms with Gasteiger partial charge in [-0.15, -0.1) is 18.4 Å². The van der Waals surface area contributed by atoms with E-state index in [0.29, 0.717) is 70.2 Å². The second kappa shape index (κ2) is 26.2. The predicted molar refractivity (Wildman–Crippen MR) is 326 cm³/mol. The van der Waals surface area contributed by atoms with E-state index in [1.165, 1.54) is 12.7 Å². The van der Waals surface area contributed by atoms with Crippen molar-refractivity contribution in [2.45, 2.75) is 32.9 Å². The Bertz CT molecular complexity index is 3860. The van der Waals surface area contributed by atoms with Crippen LogP contribution in [0.3, 0.4) is 0 Å². The molecule has 2 amide bonds. The topological polar surface area (TPSA) is 204 Å². The molecule has 10 rings (SSSR count). The van der Waals surface area contributed by atoms with Gasteiger partial charge in [0.2, 0.25) is 0 Å². The van der Waals surface area contributed by atoms with Crippen LogP contribution in [0.5, 0.6) is 11.5 Å². The predicted octanol–water partition coefficient (Wildman–Crippen LogP) is 13.8. The first kappa shape index (κ1) is 55.2. The van der Waals surface area contributed by atoms with Gasteiger partial charge in [-0.25, -0.2) is 19.9 Å². The zero-order valence-electron chi connectivity index (χ0n) is 43.5. The van der Waals surface area contributed by atoms with Gasteiger partial charge in [-0.2, -0.15) is 0 Å². The van der Waals surface area contributed by atoms with Gasteiger partial charge in [-0.3, -0.25) is 9.59 Å². The lowest BCUT2D eigenvalue weighted by Crippen LogP contribution is -2.15. The second-order valence-electron chi connectivity index (χ2n) is 18.7. The van der Waals surface area contributed by atoms with Gasteiger partial charge in [-0.1, -0.05) is 102 Å². The van der Waals surface area contributed by atoms with Crippen molar-refractivity contribution >= 4 is 103 Å². The molecule has 8 aromatic carbocycles. The number of ether oxygens (including phenoxy) is 2. The summed E-state index contributed by atoms with van der Waals surface area (Å²) in [6, 6.07) is 55.6. The number of fused-ring (bicyclic) bond motifs is 2. The number of hydrogen-bond acceptors (Lipinski definition) is 12. The maximum absolute atomic E-state index is 12.6. The van der Waals surface area contributed by atoms with Crippen LogP contribution in [0.25, 0.3) is 21.8 Å². The number of halogens is 1. The Hall–Kier alpha value is -10.0. The molecule has 2 heterocycles. The Balaban J connectivity index is 0.000000189. The Kier molecular flexibility index (Phi) is 18.3. The molecule has 0 aliphatic rings. The van der Waals surface area contributed by atoms with Gasteiger partial charge >= 0.3 is 0 Å². The number of nitrogens with one attached hydrogen (secondary N) is 4. The van der Waals surface area contributed by atoms with E-state index >= 15 is 0 Å². The van der Waals surface area contributed by atoms with E-state index in [0.717, 1.165) is 54.3 Å². The van der Waals surface area contributed by atoms with Crippen molar-refractivity contribution in [2.75, 3.05) is 32.7 Å². The molecule has 16 heteroatoms. The summed E-state index contributed by atoms with van der Waals surface area (Å²) in [4.78, 5) is 42.6. The van der Waals surface area contributed by atoms with E-state index < -0.39 is 8.07 Å². The van der Waals surface area contributed by atoms with Crippen LogP contribution in [0.4, 0.5) is 45.8 Å². The third-order valence-corrected chi connectivity index (χ3v) is 13.0. The molecule has 0 unspecified atom stereocenters. The summed E-state index contributed by atoms with van der Waals surface area (Å²) >= 11 is 3.49. The van der Waals surface area contributed by atoms with Crippen LogP contribution in [0.1, 0.15) is 37.4 Å². The molecule has 0 aliphatic carbocycles.